The number of carbonyl (C=O) groups is 1. The molecule has 2 N–H and O–H groups in total. The third-order valence-corrected chi connectivity index (χ3v) is 3.87. The Balaban J connectivity index is 0.00000200. The van der Waals surface area contributed by atoms with Crippen LogP contribution in [0.2, 0.25) is 5.02 Å². The number of hydrogen-bond acceptors (Lipinski definition) is 3. The molecule has 1 aliphatic rings. The number of methoxy groups -OCH3 is 1. The average molecular weight is 319 g/mol. The summed E-state index contributed by atoms with van der Waals surface area (Å²) in [6.07, 6.45) is 1.92. The van der Waals surface area contributed by atoms with Gasteiger partial charge in [0.05, 0.1) is 17.5 Å². The summed E-state index contributed by atoms with van der Waals surface area (Å²) in [6, 6.07) is 5.24. The van der Waals surface area contributed by atoms with Crippen LogP contribution in [0.4, 0.5) is 5.69 Å². The number of amides is 1. The zero-order chi connectivity index (χ0) is 13.9. The fraction of sp³-hybridized carbons (Fsp3) is 0.500. The molecule has 1 aromatic carbocycles. The molecule has 1 saturated heterocycles. The molecule has 0 aliphatic carbocycles. The van der Waals surface area contributed by atoms with E-state index < -0.39 is 0 Å². The Hall–Kier alpha value is -0.970. The van der Waals surface area contributed by atoms with E-state index in [4.69, 9.17) is 16.3 Å². The SMILES string of the molecule is COc1cc(NC(=O)C2(C)CCCNC2)ccc1Cl.Cl. The van der Waals surface area contributed by atoms with E-state index in [1.165, 1.54) is 0 Å². The minimum Gasteiger partial charge on any atom is -0.495 e. The van der Waals surface area contributed by atoms with Gasteiger partial charge in [-0.05, 0) is 38.4 Å². The fourth-order valence-corrected chi connectivity index (χ4v) is 2.46. The largest absolute Gasteiger partial charge is 0.495 e. The molecule has 1 fully saturated rings. The normalized spacial score (nSPS) is 21.8. The molecule has 20 heavy (non-hydrogen) atoms. The molecule has 1 aromatic rings. The van der Waals surface area contributed by atoms with Gasteiger partial charge in [-0.3, -0.25) is 4.79 Å². The molecule has 1 heterocycles. The van der Waals surface area contributed by atoms with Crippen LogP contribution in [0.3, 0.4) is 0 Å². The molecule has 0 spiro atoms. The molecular formula is C14H20Cl2N2O2. The summed E-state index contributed by atoms with van der Waals surface area (Å²) in [7, 11) is 1.55. The molecule has 1 aliphatic heterocycles. The van der Waals surface area contributed by atoms with Crippen molar-refractivity contribution in [3.63, 3.8) is 0 Å². The second-order valence-electron chi connectivity index (χ2n) is 5.14. The number of nitrogens with one attached hydrogen (secondary N) is 2. The molecule has 0 bridgehead atoms. The second-order valence-corrected chi connectivity index (χ2v) is 5.55. The van der Waals surface area contributed by atoms with Gasteiger partial charge in [0.2, 0.25) is 5.91 Å². The second kappa shape index (κ2) is 7.16. The Kier molecular flexibility index (Phi) is 6.11. The van der Waals surface area contributed by atoms with Crippen LogP contribution in [0.1, 0.15) is 19.8 Å². The Morgan fingerprint density at radius 2 is 2.25 bits per heavy atom. The summed E-state index contributed by atoms with van der Waals surface area (Å²) < 4.78 is 5.14. The highest BCUT2D eigenvalue weighted by molar-refractivity contribution is 6.32. The highest BCUT2D eigenvalue weighted by atomic mass is 35.5. The van der Waals surface area contributed by atoms with Gasteiger partial charge in [-0.1, -0.05) is 11.6 Å². The van der Waals surface area contributed by atoms with Crippen LogP contribution < -0.4 is 15.4 Å². The minimum atomic E-state index is -0.356. The predicted molar refractivity (Wildman–Crippen MR) is 84.1 cm³/mol. The molecule has 1 amide bonds. The number of hydrogen-bond donors (Lipinski definition) is 2. The van der Waals surface area contributed by atoms with Crippen LogP contribution in [-0.4, -0.2) is 26.1 Å². The number of anilines is 1. The van der Waals surface area contributed by atoms with Crippen molar-refractivity contribution in [1.29, 1.82) is 0 Å². The molecular weight excluding hydrogens is 299 g/mol. The van der Waals surface area contributed by atoms with Crippen LogP contribution in [0.15, 0.2) is 18.2 Å². The van der Waals surface area contributed by atoms with Crippen LogP contribution >= 0.6 is 24.0 Å². The molecule has 2 rings (SSSR count). The predicted octanol–water partition coefficient (Wildman–Crippen LogP) is 3.10. The standard InChI is InChI=1S/C14H19ClN2O2.ClH/c1-14(6-3-7-16-9-14)13(18)17-10-4-5-11(15)12(8-10)19-2;/h4-5,8,16H,3,6-7,9H2,1-2H3,(H,17,18);1H. The van der Waals surface area contributed by atoms with E-state index in [-0.39, 0.29) is 23.7 Å². The molecule has 1 atom stereocenters. The van der Waals surface area contributed by atoms with Gasteiger partial charge < -0.3 is 15.4 Å². The van der Waals surface area contributed by atoms with Gasteiger partial charge in [0.15, 0.2) is 0 Å². The summed E-state index contributed by atoms with van der Waals surface area (Å²) >= 11 is 5.96. The van der Waals surface area contributed by atoms with Crippen LogP contribution in [0, 0.1) is 5.41 Å². The summed E-state index contributed by atoms with van der Waals surface area (Å²) in [5.74, 6) is 0.593. The zero-order valence-electron chi connectivity index (χ0n) is 11.7. The van der Waals surface area contributed by atoms with Crippen molar-refractivity contribution in [1.82, 2.24) is 5.32 Å². The third kappa shape index (κ3) is 3.78. The number of rotatable bonds is 3. The first-order valence-corrected chi connectivity index (χ1v) is 6.79. The van der Waals surface area contributed by atoms with E-state index in [0.29, 0.717) is 23.0 Å². The van der Waals surface area contributed by atoms with Crippen LogP contribution in [0.5, 0.6) is 5.75 Å². The van der Waals surface area contributed by atoms with E-state index in [9.17, 15) is 4.79 Å². The van der Waals surface area contributed by atoms with Crippen molar-refractivity contribution in [2.45, 2.75) is 19.8 Å². The molecule has 0 saturated carbocycles. The molecule has 4 nitrogen and oxygen atoms in total. The number of ether oxygens (including phenoxy) is 1. The lowest BCUT2D eigenvalue weighted by molar-refractivity contribution is -0.125. The molecule has 1 unspecified atom stereocenters. The summed E-state index contributed by atoms with van der Waals surface area (Å²) in [5, 5.41) is 6.74. The summed E-state index contributed by atoms with van der Waals surface area (Å²) in [6.45, 7) is 3.68. The first-order chi connectivity index (χ1) is 9.05. The lowest BCUT2D eigenvalue weighted by Gasteiger charge is -2.32. The van der Waals surface area contributed by atoms with Crippen molar-refractivity contribution >= 4 is 35.6 Å². The maximum Gasteiger partial charge on any atom is 0.231 e. The van der Waals surface area contributed by atoms with Gasteiger partial charge in [0, 0.05) is 18.3 Å². The van der Waals surface area contributed by atoms with E-state index >= 15 is 0 Å². The van der Waals surface area contributed by atoms with E-state index in [1.54, 1.807) is 25.3 Å². The van der Waals surface area contributed by atoms with Crippen molar-refractivity contribution < 1.29 is 9.53 Å². The summed E-state index contributed by atoms with van der Waals surface area (Å²) in [5.41, 5.74) is 0.350. The number of carbonyl (C=O) groups excluding carboxylic acids is 1. The smallest absolute Gasteiger partial charge is 0.231 e. The topological polar surface area (TPSA) is 50.4 Å². The Bertz CT molecular complexity index is 474. The number of halogens is 2. The monoisotopic (exact) mass is 318 g/mol. The Morgan fingerprint density at radius 3 is 2.85 bits per heavy atom. The van der Waals surface area contributed by atoms with Gasteiger partial charge >= 0.3 is 0 Å². The van der Waals surface area contributed by atoms with E-state index in [1.807, 2.05) is 6.92 Å². The van der Waals surface area contributed by atoms with Gasteiger partial charge in [-0.2, -0.15) is 0 Å². The van der Waals surface area contributed by atoms with Crippen LogP contribution in [-0.2, 0) is 4.79 Å². The van der Waals surface area contributed by atoms with Crippen LogP contribution in [0.25, 0.3) is 0 Å². The average Bonchev–Trinajstić information content (AvgIpc) is 2.41. The minimum absolute atomic E-state index is 0. The lowest BCUT2D eigenvalue weighted by Crippen LogP contribution is -2.46. The maximum absolute atomic E-state index is 12.3. The van der Waals surface area contributed by atoms with Crippen molar-refractivity contribution in [2.24, 2.45) is 5.41 Å². The molecule has 0 radical (unpaired) electrons. The van der Waals surface area contributed by atoms with Gasteiger partial charge in [-0.25, -0.2) is 0 Å². The molecule has 112 valence electrons. The highest BCUT2D eigenvalue weighted by Crippen LogP contribution is 2.30. The quantitative estimate of drug-likeness (QED) is 0.900. The third-order valence-electron chi connectivity index (χ3n) is 3.55. The van der Waals surface area contributed by atoms with E-state index in [2.05, 4.69) is 10.6 Å². The first-order valence-electron chi connectivity index (χ1n) is 6.41. The number of piperidine rings is 1. The zero-order valence-corrected chi connectivity index (χ0v) is 13.2. The van der Waals surface area contributed by atoms with Gasteiger partial charge in [0.25, 0.3) is 0 Å². The van der Waals surface area contributed by atoms with Gasteiger partial charge in [-0.15, -0.1) is 12.4 Å². The Morgan fingerprint density at radius 1 is 1.50 bits per heavy atom. The van der Waals surface area contributed by atoms with E-state index in [0.717, 1.165) is 19.4 Å². The van der Waals surface area contributed by atoms with Crippen molar-refractivity contribution in [2.75, 3.05) is 25.5 Å². The first kappa shape index (κ1) is 17.1. The summed E-state index contributed by atoms with van der Waals surface area (Å²) in [4.78, 5) is 12.3. The molecule has 0 aromatic heterocycles. The number of benzene rings is 1. The van der Waals surface area contributed by atoms with Crippen molar-refractivity contribution in [3.05, 3.63) is 23.2 Å². The molecule has 6 heteroatoms. The van der Waals surface area contributed by atoms with Gasteiger partial charge in [0.1, 0.15) is 5.75 Å². The highest BCUT2D eigenvalue weighted by Gasteiger charge is 2.34. The lowest BCUT2D eigenvalue weighted by atomic mass is 9.82. The fourth-order valence-electron chi connectivity index (χ4n) is 2.27. The van der Waals surface area contributed by atoms with Crippen molar-refractivity contribution in [3.8, 4) is 5.75 Å². The Labute approximate surface area is 130 Å². The maximum atomic E-state index is 12.3.